The lowest BCUT2D eigenvalue weighted by Crippen LogP contribution is -2.43. The van der Waals surface area contributed by atoms with E-state index in [1.807, 2.05) is 11.3 Å². The summed E-state index contributed by atoms with van der Waals surface area (Å²) in [6, 6.07) is 83.1. The van der Waals surface area contributed by atoms with Gasteiger partial charge in [0, 0.05) is 42.4 Å². The van der Waals surface area contributed by atoms with Crippen LogP contribution >= 0.6 is 11.3 Å². The number of para-hydroxylation sites is 2. The van der Waals surface area contributed by atoms with E-state index in [9.17, 15) is 0 Å². The molecule has 0 N–H and O–H groups in total. The van der Waals surface area contributed by atoms with Crippen molar-refractivity contribution in [2.45, 2.75) is 71.1 Å². The molecule has 11 aromatic rings. The lowest BCUT2D eigenvalue weighted by Gasteiger charge is -2.48. The third-order valence-electron chi connectivity index (χ3n) is 16.8. The zero-order valence-electron chi connectivity index (χ0n) is 44.7. The quantitative estimate of drug-likeness (QED) is 0.147. The maximum Gasteiger partial charge on any atom is 0.0555 e. The Labute approximate surface area is 453 Å². The van der Waals surface area contributed by atoms with Crippen molar-refractivity contribution in [2.75, 3.05) is 4.90 Å². The van der Waals surface area contributed by atoms with Crippen LogP contribution in [0.3, 0.4) is 0 Å². The molecule has 76 heavy (non-hydrogen) atoms. The predicted molar refractivity (Wildman–Crippen MR) is 328 cm³/mol. The first kappa shape index (κ1) is 47.7. The zero-order valence-corrected chi connectivity index (χ0v) is 45.5. The highest BCUT2D eigenvalue weighted by Crippen LogP contribution is 2.64. The SMILES string of the molecule is CC(C)(C)c1cc(-c2cccc3cccc(-c4ccccc4N(c4ccc5c(c4)C(c4ccccc4)(C4(C)C=CC=CC4)c4ccccc4-5)c4ccccc4-c4cccc5sc6ccccc6c45)c23)cc(C(C)(C)C)c1. The van der Waals surface area contributed by atoms with E-state index in [0.717, 1.165) is 23.5 Å². The molecule has 0 spiro atoms. The maximum absolute atomic E-state index is 2.59. The van der Waals surface area contributed by atoms with Gasteiger partial charge in [-0.2, -0.15) is 0 Å². The van der Waals surface area contributed by atoms with Crippen molar-refractivity contribution in [3.8, 4) is 44.5 Å². The Morgan fingerprint density at radius 3 is 1.66 bits per heavy atom. The molecule has 370 valence electrons. The molecule has 13 rings (SSSR count). The Hall–Kier alpha value is -8.04. The fourth-order valence-electron chi connectivity index (χ4n) is 13.0. The number of allylic oxidation sites excluding steroid dienone is 4. The van der Waals surface area contributed by atoms with E-state index >= 15 is 0 Å². The maximum atomic E-state index is 2.59. The summed E-state index contributed by atoms with van der Waals surface area (Å²) in [6.45, 7) is 16.5. The summed E-state index contributed by atoms with van der Waals surface area (Å²) in [6.07, 6.45) is 10.2. The second kappa shape index (κ2) is 18.1. The van der Waals surface area contributed by atoms with Crippen LogP contribution < -0.4 is 4.90 Å². The summed E-state index contributed by atoms with van der Waals surface area (Å²) >= 11 is 1.88. The van der Waals surface area contributed by atoms with Gasteiger partial charge in [-0.25, -0.2) is 0 Å². The number of fused-ring (bicyclic) bond motifs is 7. The monoisotopic (exact) mass is 997 g/mol. The summed E-state index contributed by atoms with van der Waals surface area (Å²) in [7, 11) is 0. The average molecular weight is 998 g/mol. The van der Waals surface area contributed by atoms with Gasteiger partial charge in [0.1, 0.15) is 0 Å². The molecule has 2 aliphatic carbocycles. The summed E-state index contributed by atoms with van der Waals surface area (Å²) in [4.78, 5) is 2.59. The molecule has 1 aromatic heterocycles. The lowest BCUT2D eigenvalue weighted by molar-refractivity contribution is 0.293. The highest BCUT2D eigenvalue weighted by molar-refractivity contribution is 7.25. The molecule has 10 aromatic carbocycles. The number of anilines is 3. The van der Waals surface area contributed by atoms with E-state index in [4.69, 9.17) is 0 Å². The van der Waals surface area contributed by atoms with Crippen LogP contribution in [0, 0.1) is 5.41 Å². The van der Waals surface area contributed by atoms with Gasteiger partial charge in [0.25, 0.3) is 0 Å². The van der Waals surface area contributed by atoms with E-state index in [1.54, 1.807) is 0 Å². The van der Waals surface area contributed by atoms with Crippen LogP contribution in [-0.4, -0.2) is 0 Å². The van der Waals surface area contributed by atoms with Crippen LogP contribution in [0.1, 0.15) is 82.7 Å². The Morgan fingerprint density at radius 1 is 0.434 bits per heavy atom. The van der Waals surface area contributed by atoms with Crippen LogP contribution in [-0.2, 0) is 16.2 Å². The molecule has 0 saturated carbocycles. The highest BCUT2D eigenvalue weighted by atomic mass is 32.1. The molecule has 2 heteroatoms. The van der Waals surface area contributed by atoms with Crippen molar-refractivity contribution in [3.05, 3.63) is 271 Å². The fraction of sp³-hybridized carbons (Fsp3) is 0.162. The summed E-state index contributed by atoms with van der Waals surface area (Å²) in [5.74, 6) is 0. The van der Waals surface area contributed by atoms with Gasteiger partial charge < -0.3 is 4.90 Å². The second-order valence-electron chi connectivity index (χ2n) is 23.5. The smallest absolute Gasteiger partial charge is 0.0555 e. The van der Waals surface area contributed by atoms with E-state index in [2.05, 4.69) is 296 Å². The molecule has 0 bridgehead atoms. The molecule has 1 nitrogen and oxygen atoms in total. The van der Waals surface area contributed by atoms with E-state index in [1.165, 1.54) is 103 Å². The molecular weight excluding hydrogens is 935 g/mol. The molecule has 0 amide bonds. The molecule has 0 fully saturated rings. The van der Waals surface area contributed by atoms with Crippen molar-refractivity contribution in [1.29, 1.82) is 0 Å². The van der Waals surface area contributed by atoms with E-state index in [0.29, 0.717) is 0 Å². The zero-order chi connectivity index (χ0) is 52.0. The van der Waals surface area contributed by atoms with Gasteiger partial charge in [-0.05, 0) is 126 Å². The van der Waals surface area contributed by atoms with Crippen molar-refractivity contribution in [1.82, 2.24) is 0 Å². The fourth-order valence-corrected chi connectivity index (χ4v) is 14.1. The van der Waals surface area contributed by atoms with Crippen molar-refractivity contribution in [3.63, 3.8) is 0 Å². The Bertz CT molecular complexity index is 4100. The summed E-state index contributed by atoms with van der Waals surface area (Å²) < 4.78 is 2.59. The van der Waals surface area contributed by atoms with Crippen LogP contribution in [0.4, 0.5) is 17.1 Å². The van der Waals surface area contributed by atoms with Crippen LogP contribution in [0.2, 0.25) is 0 Å². The molecular formula is C74H63NS. The first-order valence-corrected chi connectivity index (χ1v) is 27.9. The minimum absolute atomic E-state index is 0.0275. The van der Waals surface area contributed by atoms with Gasteiger partial charge >= 0.3 is 0 Å². The number of hydrogen-bond acceptors (Lipinski definition) is 2. The van der Waals surface area contributed by atoms with Gasteiger partial charge in [-0.15, -0.1) is 11.3 Å². The molecule has 2 atom stereocenters. The second-order valence-corrected chi connectivity index (χ2v) is 24.5. The predicted octanol–water partition coefficient (Wildman–Crippen LogP) is 21.1. The molecule has 0 aliphatic heterocycles. The Kier molecular flexibility index (Phi) is 11.3. The first-order valence-electron chi connectivity index (χ1n) is 27.1. The minimum atomic E-state index is -0.499. The number of hydrogen-bond donors (Lipinski definition) is 0. The third kappa shape index (κ3) is 7.55. The van der Waals surface area contributed by atoms with E-state index < -0.39 is 5.41 Å². The number of nitrogens with zero attached hydrogens (tertiary/aromatic N) is 1. The van der Waals surface area contributed by atoms with Gasteiger partial charge in [0.15, 0.2) is 0 Å². The minimum Gasteiger partial charge on any atom is -0.309 e. The van der Waals surface area contributed by atoms with Crippen LogP contribution in [0.15, 0.2) is 243 Å². The summed E-state index contributed by atoms with van der Waals surface area (Å²) in [5, 5.41) is 5.06. The van der Waals surface area contributed by atoms with Crippen molar-refractivity contribution < 1.29 is 0 Å². The lowest BCUT2D eigenvalue weighted by atomic mass is 9.54. The highest BCUT2D eigenvalue weighted by Gasteiger charge is 2.55. The standard InChI is InChI=1S/C74H63NS/c1-71(2,3)52-45-50(46-53(47-52)72(4,5)6)55-33-22-25-49-26-23-34-60(69(49)55)58-30-13-17-37-65(58)75(66-38-18-14-31-59(66)61-35-24-40-68-70(61)62-32-15-19-39-67(62)76-68)54-41-42-57-56-29-12-16-36-63(56)74(64(57)48-54,51-27-10-8-11-28-51)73(7)43-20-9-21-44-73/h8-43,45-48H,44H2,1-7H3. The van der Waals surface area contributed by atoms with Crippen LogP contribution in [0.25, 0.3) is 75.5 Å². The van der Waals surface area contributed by atoms with Gasteiger partial charge in [0.05, 0.1) is 16.8 Å². The average Bonchev–Trinajstić information content (AvgIpc) is 4.03. The molecule has 2 aliphatic rings. The number of rotatable bonds is 8. The molecule has 2 unspecified atom stereocenters. The Morgan fingerprint density at radius 2 is 0.987 bits per heavy atom. The van der Waals surface area contributed by atoms with Gasteiger partial charge in [-0.3, -0.25) is 0 Å². The molecule has 0 radical (unpaired) electrons. The normalized spacial score (nSPS) is 17.1. The number of benzene rings is 10. The van der Waals surface area contributed by atoms with Gasteiger partial charge in [0.2, 0.25) is 0 Å². The third-order valence-corrected chi connectivity index (χ3v) is 17.9. The largest absolute Gasteiger partial charge is 0.309 e. The van der Waals surface area contributed by atoms with Gasteiger partial charge in [-0.1, -0.05) is 255 Å². The first-order chi connectivity index (χ1) is 36.8. The van der Waals surface area contributed by atoms with Crippen molar-refractivity contribution in [2.24, 2.45) is 5.41 Å². The summed E-state index contributed by atoms with van der Waals surface area (Å²) in [5.41, 5.74) is 19.1. The van der Waals surface area contributed by atoms with Crippen LogP contribution in [0.5, 0.6) is 0 Å². The van der Waals surface area contributed by atoms with E-state index in [-0.39, 0.29) is 16.2 Å². The molecule has 0 saturated heterocycles. The topological polar surface area (TPSA) is 3.24 Å². The Balaban J connectivity index is 1.12. The van der Waals surface area contributed by atoms with Crippen molar-refractivity contribution >= 4 is 59.3 Å². The molecule has 1 heterocycles. The number of thiophene rings is 1.